The summed E-state index contributed by atoms with van der Waals surface area (Å²) in [6.07, 6.45) is 8.19. The molecule has 0 heteroatoms. The highest BCUT2D eigenvalue weighted by Crippen LogP contribution is 2.05. The van der Waals surface area contributed by atoms with Gasteiger partial charge < -0.3 is 0 Å². The van der Waals surface area contributed by atoms with Gasteiger partial charge in [0.15, 0.2) is 0 Å². The van der Waals surface area contributed by atoms with E-state index in [1.807, 2.05) is 0 Å². The van der Waals surface area contributed by atoms with E-state index in [2.05, 4.69) is 39.8 Å². The molecule has 0 saturated carbocycles. The van der Waals surface area contributed by atoms with Crippen molar-refractivity contribution in [1.82, 2.24) is 0 Å². The van der Waals surface area contributed by atoms with Gasteiger partial charge in [-0.2, -0.15) is 0 Å². The molecule has 0 saturated heterocycles. The van der Waals surface area contributed by atoms with Crippen molar-refractivity contribution in [2.45, 2.75) is 40.0 Å². The van der Waals surface area contributed by atoms with Crippen LogP contribution in [0.15, 0.2) is 12.2 Å². The second kappa shape index (κ2) is 6.45. The lowest BCUT2D eigenvalue weighted by atomic mass is 10.1. The molecule has 0 rings (SSSR count). The summed E-state index contributed by atoms with van der Waals surface area (Å²) in [7, 11) is 0. The maximum absolute atomic E-state index is 3.94. The quantitative estimate of drug-likeness (QED) is 0.526. The van der Waals surface area contributed by atoms with E-state index < -0.39 is 0 Å². The van der Waals surface area contributed by atoms with Crippen LogP contribution in [0.1, 0.15) is 40.0 Å². The molecule has 0 aliphatic carbocycles. The summed E-state index contributed by atoms with van der Waals surface area (Å²) in [4.78, 5) is 0. The molecule has 0 bridgehead atoms. The van der Waals surface area contributed by atoms with E-state index in [4.69, 9.17) is 0 Å². The fourth-order valence-corrected chi connectivity index (χ4v) is 0.867. The molecule has 0 spiro atoms. The molecule has 0 nitrogen and oxygen atoms in total. The van der Waals surface area contributed by atoms with Crippen LogP contribution < -0.4 is 0 Å². The first kappa shape index (κ1) is 10.7. The number of hydrogen-bond acceptors (Lipinski definition) is 0. The van der Waals surface area contributed by atoms with Crippen LogP contribution in [-0.4, -0.2) is 0 Å². The molecule has 0 heterocycles. The average molecular weight is 153 g/mol. The third-order valence-electron chi connectivity index (χ3n) is 1.60. The van der Waals surface area contributed by atoms with Crippen molar-refractivity contribution in [1.29, 1.82) is 0 Å². The molecule has 0 amide bonds. The van der Waals surface area contributed by atoms with Crippen LogP contribution in [0.25, 0.3) is 0 Å². The molecule has 0 aromatic heterocycles. The normalized spacial score (nSPS) is 12.2. The van der Waals surface area contributed by atoms with Gasteiger partial charge in [0.25, 0.3) is 0 Å². The molecule has 1 atom stereocenters. The second-order valence-electron chi connectivity index (χ2n) is 3.78. The lowest BCUT2D eigenvalue weighted by Gasteiger charge is -1.99. The van der Waals surface area contributed by atoms with E-state index in [9.17, 15) is 0 Å². The topological polar surface area (TPSA) is 0 Å². The Morgan fingerprint density at radius 3 is 2.27 bits per heavy atom. The van der Waals surface area contributed by atoms with Gasteiger partial charge in [0.2, 0.25) is 0 Å². The van der Waals surface area contributed by atoms with Crippen LogP contribution in [0, 0.1) is 18.8 Å². The van der Waals surface area contributed by atoms with Crippen molar-refractivity contribution >= 4 is 0 Å². The van der Waals surface area contributed by atoms with Gasteiger partial charge in [0.1, 0.15) is 0 Å². The molecule has 0 N–H and O–H groups in total. The molecule has 65 valence electrons. The van der Waals surface area contributed by atoms with Gasteiger partial charge in [-0.15, -0.1) is 0 Å². The average Bonchev–Trinajstić information content (AvgIpc) is 1.85. The van der Waals surface area contributed by atoms with E-state index in [0.717, 1.165) is 5.92 Å². The minimum Gasteiger partial charge on any atom is -0.0885 e. The summed E-state index contributed by atoms with van der Waals surface area (Å²) < 4.78 is 0. The fraction of sp³-hybridized carbons (Fsp3) is 0.727. The lowest BCUT2D eigenvalue weighted by molar-refractivity contribution is 0.643. The smallest absolute Gasteiger partial charge is 0.0327 e. The molecule has 0 aliphatic heterocycles. The van der Waals surface area contributed by atoms with Gasteiger partial charge in [0.05, 0.1) is 0 Å². The van der Waals surface area contributed by atoms with Gasteiger partial charge >= 0.3 is 0 Å². The molecular weight excluding hydrogens is 132 g/mol. The Labute approximate surface area is 71.7 Å². The number of rotatable bonds is 5. The summed E-state index contributed by atoms with van der Waals surface area (Å²) in [5.74, 6) is 1.39. The lowest BCUT2D eigenvalue weighted by Crippen LogP contribution is -1.85. The Bertz CT molecular complexity index is 98.6. The van der Waals surface area contributed by atoms with E-state index in [1.54, 1.807) is 0 Å². The Morgan fingerprint density at radius 2 is 1.82 bits per heavy atom. The molecule has 0 aromatic rings. The van der Waals surface area contributed by atoms with Crippen LogP contribution in [-0.2, 0) is 0 Å². The maximum Gasteiger partial charge on any atom is -0.0327 e. The van der Waals surface area contributed by atoms with Gasteiger partial charge in [-0.05, 0) is 31.1 Å². The molecule has 1 unspecified atom stereocenters. The number of allylic oxidation sites excluding steroid dienone is 2. The minimum absolute atomic E-state index is 0.596. The molecule has 0 fully saturated rings. The summed E-state index contributed by atoms with van der Waals surface area (Å²) in [6.45, 7) is 10.6. The van der Waals surface area contributed by atoms with Crippen molar-refractivity contribution in [2.24, 2.45) is 11.8 Å². The first-order chi connectivity index (χ1) is 5.13. The SMILES string of the molecule is [CH2]C(C)CC/C=C/CC(C)C. The van der Waals surface area contributed by atoms with Crippen molar-refractivity contribution < 1.29 is 0 Å². The van der Waals surface area contributed by atoms with E-state index >= 15 is 0 Å². The van der Waals surface area contributed by atoms with Crippen LogP contribution in [0.2, 0.25) is 0 Å². The first-order valence-corrected chi connectivity index (χ1v) is 4.61. The van der Waals surface area contributed by atoms with Crippen LogP contribution in [0.4, 0.5) is 0 Å². The fourth-order valence-electron chi connectivity index (χ4n) is 0.867. The summed E-state index contributed by atoms with van der Waals surface area (Å²) in [5, 5.41) is 0. The summed E-state index contributed by atoms with van der Waals surface area (Å²) in [5.41, 5.74) is 0. The molecule has 0 aromatic carbocycles. The predicted octanol–water partition coefficient (Wildman–Crippen LogP) is 3.84. The zero-order valence-corrected chi connectivity index (χ0v) is 8.14. The van der Waals surface area contributed by atoms with Crippen LogP contribution in [0.3, 0.4) is 0 Å². The molecule has 11 heavy (non-hydrogen) atoms. The standard InChI is InChI=1S/C11H21/c1-10(2)8-6-5-7-9-11(3)4/h5,7,10-11H,1,6,8-9H2,2-4H3/b7-5+. The highest BCUT2D eigenvalue weighted by atomic mass is 14.0. The molecule has 1 radical (unpaired) electrons. The Morgan fingerprint density at radius 1 is 1.18 bits per heavy atom. The third kappa shape index (κ3) is 9.74. The highest BCUT2D eigenvalue weighted by Gasteiger charge is 1.90. The molecular formula is C11H21. The third-order valence-corrected chi connectivity index (χ3v) is 1.60. The van der Waals surface area contributed by atoms with Gasteiger partial charge in [-0.3, -0.25) is 0 Å². The predicted molar refractivity (Wildman–Crippen MR) is 52.4 cm³/mol. The monoisotopic (exact) mass is 153 g/mol. The van der Waals surface area contributed by atoms with Gasteiger partial charge in [-0.1, -0.05) is 39.8 Å². The Balaban J connectivity index is 3.17. The zero-order chi connectivity index (χ0) is 8.69. The van der Waals surface area contributed by atoms with Crippen LogP contribution in [0.5, 0.6) is 0 Å². The zero-order valence-electron chi connectivity index (χ0n) is 8.14. The number of hydrogen-bond donors (Lipinski definition) is 0. The highest BCUT2D eigenvalue weighted by molar-refractivity contribution is 4.82. The largest absolute Gasteiger partial charge is 0.0885 e. The van der Waals surface area contributed by atoms with Crippen molar-refractivity contribution in [3.63, 3.8) is 0 Å². The first-order valence-electron chi connectivity index (χ1n) is 4.61. The van der Waals surface area contributed by atoms with E-state index in [-0.39, 0.29) is 0 Å². The maximum atomic E-state index is 3.94. The Hall–Kier alpha value is -0.260. The van der Waals surface area contributed by atoms with E-state index in [1.165, 1.54) is 19.3 Å². The Kier molecular flexibility index (Phi) is 6.30. The molecule has 0 aliphatic rings. The van der Waals surface area contributed by atoms with Gasteiger partial charge in [-0.25, -0.2) is 0 Å². The summed E-state index contributed by atoms with van der Waals surface area (Å²) >= 11 is 0. The van der Waals surface area contributed by atoms with Crippen molar-refractivity contribution in [2.75, 3.05) is 0 Å². The van der Waals surface area contributed by atoms with E-state index in [0.29, 0.717) is 5.92 Å². The van der Waals surface area contributed by atoms with Crippen molar-refractivity contribution in [3.05, 3.63) is 19.1 Å². The minimum atomic E-state index is 0.596. The van der Waals surface area contributed by atoms with Crippen molar-refractivity contribution in [3.8, 4) is 0 Å². The summed E-state index contributed by atoms with van der Waals surface area (Å²) in [6, 6.07) is 0. The van der Waals surface area contributed by atoms with Crippen LogP contribution >= 0.6 is 0 Å². The van der Waals surface area contributed by atoms with Gasteiger partial charge in [0, 0.05) is 0 Å². The second-order valence-corrected chi connectivity index (χ2v) is 3.78.